The van der Waals surface area contributed by atoms with E-state index in [1.165, 1.54) is 6.33 Å². The van der Waals surface area contributed by atoms with E-state index in [0.29, 0.717) is 24.7 Å². The Morgan fingerprint density at radius 2 is 2.26 bits per heavy atom. The molecule has 96 valence electrons. The maximum Gasteiger partial charge on any atom is 0.228 e. The number of halogens is 1. The first-order valence-electron chi connectivity index (χ1n) is 5.72. The number of nitrogens with zero attached hydrogens (tertiary/aromatic N) is 5. The van der Waals surface area contributed by atoms with E-state index >= 15 is 0 Å². The zero-order valence-electron chi connectivity index (χ0n) is 9.90. The molecule has 0 aliphatic heterocycles. The average Bonchev–Trinajstić information content (AvgIpc) is 3.08. The molecule has 0 unspecified atom stereocenters. The summed E-state index contributed by atoms with van der Waals surface area (Å²) in [5.74, 6) is 1.18. The quantitative estimate of drug-likeness (QED) is 0.738. The van der Waals surface area contributed by atoms with E-state index < -0.39 is 0 Å². The van der Waals surface area contributed by atoms with Gasteiger partial charge in [-0.1, -0.05) is 33.2 Å². The van der Waals surface area contributed by atoms with Gasteiger partial charge in [-0.15, -0.1) is 0 Å². The summed E-state index contributed by atoms with van der Waals surface area (Å²) < 4.78 is 7.93. The van der Waals surface area contributed by atoms with Gasteiger partial charge in [0.2, 0.25) is 11.7 Å². The van der Waals surface area contributed by atoms with Crippen LogP contribution in [-0.4, -0.2) is 24.9 Å². The van der Waals surface area contributed by atoms with Gasteiger partial charge in [0.05, 0.1) is 6.54 Å². The van der Waals surface area contributed by atoms with Crippen molar-refractivity contribution in [2.24, 2.45) is 0 Å². The predicted octanol–water partition coefficient (Wildman–Crippen LogP) is 2.33. The first-order chi connectivity index (χ1) is 9.31. The van der Waals surface area contributed by atoms with Crippen LogP contribution < -0.4 is 0 Å². The van der Waals surface area contributed by atoms with Gasteiger partial charge in [0.1, 0.15) is 12.7 Å². The summed E-state index contributed by atoms with van der Waals surface area (Å²) in [7, 11) is 0. The Morgan fingerprint density at radius 1 is 1.32 bits per heavy atom. The molecule has 1 aromatic carbocycles. The third kappa shape index (κ3) is 2.87. The second kappa shape index (κ2) is 5.31. The average molecular weight is 320 g/mol. The van der Waals surface area contributed by atoms with E-state index in [2.05, 4.69) is 36.2 Å². The van der Waals surface area contributed by atoms with Crippen LogP contribution in [-0.2, 0) is 13.0 Å². The van der Waals surface area contributed by atoms with E-state index in [0.717, 1.165) is 10.0 Å². The van der Waals surface area contributed by atoms with Crippen molar-refractivity contribution in [2.45, 2.75) is 13.0 Å². The normalized spacial score (nSPS) is 10.8. The second-order valence-electron chi connectivity index (χ2n) is 3.93. The SMILES string of the molecule is Brc1cccc(-c2noc(CCn3cncn3)n2)c1. The lowest BCUT2D eigenvalue weighted by molar-refractivity contribution is 0.369. The lowest BCUT2D eigenvalue weighted by Crippen LogP contribution is -2.01. The molecule has 3 rings (SSSR count). The van der Waals surface area contributed by atoms with Gasteiger partial charge in [0, 0.05) is 16.5 Å². The molecule has 0 atom stereocenters. The Kier molecular flexibility index (Phi) is 3.37. The monoisotopic (exact) mass is 319 g/mol. The number of aryl methyl sites for hydroxylation is 2. The summed E-state index contributed by atoms with van der Waals surface area (Å²) in [5, 5.41) is 7.99. The van der Waals surface area contributed by atoms with Gasteiger partial charge in [-0.3, -0.25) is 4.68 Å². The van der Waals surface area contributed by atoms with Crippen molar-refractivity contribution in [3.05, 3.63) is 47.3 Å². The molecular formula is C12H10BrN5O. The highest BCUT2D eigenvalue weighted by molar-refractivity contribution is 9.10. The molecule has 0 bridgehead atoms. The Balaban J connectivity index is 1.72. The Bertz CT molecular complexity index is 664. The van der Waals surface area contributed by atoms with Crippen molar-refractivity contribution >= 4 is 15.9 Å². The van der Waals surface area contributed by atoms with Crippen LogP contribution in [0.1, 0.15) is 5.89 Å². The molecule has 0 aliphatic carbocycles. The smallest absolute Gasteiger partial charge is 0.228 e. The highest BCUT2D eigenvalue weighted by atomic mass is 79.9. The zero-order valence-corrected chi connectivity index (χ0v) is 11.5. The van der Waals surface area contributed by atoms with E-state index in [1.807, 2.05) is 24.3 Å². The number of benzene rings is 1. The van der Waals surface area contributed by atoms with Crippen LogP contribution in [0, 0.1) is 0 Å². The summed E-state index contributed by atoms with van der Waals surface area (Å²) in [6, 6.07) is 7.78. The molecule has 19 heavy (non-hydrogen) atoms. The maximum atomic E-state index is 5.22. The molecule has 0 fully saturated rings. The molecule has 2 heterocycles. The fourth-order valence-electron chi connectivity index (χ4n) is 1.66. The van der Waals surface area contributed by atoms with Crippen molar-refractivity contribution in [2.75, 3.05) is 0 Å². The van der Waals surface area contributed by atoms with Crippen LogP contribution in [0.25, 0.3) is 11.4 Å². The standard InChI is InChI=1S/C12H10BrN5O/c13-10-3-1-2-9(6-10)12-16-11(19-17-12)4-5-18-8-14-7-15-18/h1-3,6-8H,4-5H2. The largest absolute Gasteiger partial charge is 0.339 e. The van der Waals surface area contributed by atoms with Crippen LogP contribution in [0.2, 0.25) is 0 Å². The lowest BCUT2D eigenvalue weighted by atomic mass is 10.2. The van der Waals surface area contributed by atoms with Crippen LogP contribution >= 0.6 is 15.9 Å². The molecule has 0 amide bonds. The molecule has 0 aliphatic rings. The third-order valence-electron chi connectivity index (χ3n) is 2.57. The summed E-state index contributed by atoms with van der Waals surface area (Å²) >= 11 is 3.42. The summed E-state index contributed by atoms with van der Waals surface area (Å²) in [6.07, 6.45) is 3.79. The van der Waals surface area contributed by atoms with E-state index in [9.17, 15) is 0 Å². The fourth-order valence-corrected chi connectivity index (χ4v) is 2.06. The van der Waals surface area contributed by atoms with Gasteiger partial charge in [0.25, 0.3) is 0 Å². The van der Waals surface area contributed by atoms with Crippen LogP contribution in [0.3, 0.4) is 0 Å². The highest BCUT2D eigenvalue weighted by Gasteiger charge is 2.08. The molecule has 7 heteroatoms. The van der Waals surface area contributed by atoms with Crippen LogP contribution in [0.5, 0.6) is 0 Å². The summed E-state index contributed by atoms with van der Waals surface area (Å²) in [5.41, 5.74) is 0.921. The summed E-state index contributed by atoms with van der Waals surface area (Å²) in [4.78, 5) is 8.24. The van der Waals surface area contributed by atoms with Gasteiger partial charge in [0.15, 0.2) is 0 Å². The molecule has 6 nitrogen and oxygen atoms in total. The number of hydrogen-bond donors (Lipinski definition) is 0. The van der Waals surface area contributed by atoms with Crippen LogP contribution in [0.4, 0.5) is 0 Å². The molecule has 3 aromatic rings. The second-order valence-corrected chi connectivity index (χ2v) is 4.85. The minimum Gasteiger partial charge on any atom is -0.339 e. The molecule has 2 aromatic heterocycles. The first kappa shape index (κ1) is 12.0. The third-order valence-corrected chi connectivity index (χ3v) is 3.07. The van der Waals surface area contributed by atoms with E-state index in [1.54, 1.807) is 11.0 Å². The molecular weight excluding hydrogens is 310 g/mol. The fraction of sp³-hybridized carbons (Fsp3) is 0.167. The minimum atomic E-state index is 0.588. The van der Waals surface area contributed by atoms with Crippen molar-refractivity contribution in [1.29, 1.82) is 0 Å². The molecule has 0 saturated carbocycles. The minimum absolute atomic E-state index is 0.588. The number of rotatable bonds is 4. The zero-order chi connectivity index (χ0) is 13.1. The van der Waals surface area contributed by atoms with Crippen molar-refractivity contribution in [1.82, 2.24) is 24.9 Å². The van der Waals surface area contributed by atoms with Gasteiger partial charge in [-0.25, -0.2) is 4.98 Å². The Hall–Kier alpha value is -2.02. The highest BCUT2D eigenvalue weighted by Crippen LogP contribution is 2.20. The van der Waals surface area contributed by atoms with Gasteiger partial charge < -0.3 is 4.52 Å². The molecule has 0 saturated heterocycles. The molecule has 0 radical (unpaired) electrons. The van der Waals surface area contributed by atoms with Crippen molar-refractivity contribution < 1.29 is 4.52 Å². The van der Waals surface area contributed by atoms with E-state index in [4.69, 9.17) is 4.52 Å². The van der Waals surface area contributed by atoms with Gasteiger partial charge in [-0.05, 0) is 12.1 Å². The number of hydrogen-bond acceptors (Lipinski definition) is 5. The Morgan fingerprint density at radius 3 is 3.05 bits per heavy atom. The van der Waals surface area contributed by atoms with Gasteiger partial charge in [-0.2, -0.15) is 10.1 Å². The van der Waals surface area contributed by atoms with Gasteiger partial charge >= 0.3 is 0 Å². The molecule has 0 N–H and O–H groups in total. The topological polar surface area (TPSA) is 69.6 Å². The number of aromatic nitrogens is 5. The van der Waals surface area contributed by atoms with E-state index in [-0.39, 0.29) is 0 Å². The molecule has 0 spiro atoms. The van der Waals surface area contributed by atoms with Crippen molar-refractivity contribution in [3.63, 3.8) is 0 Å². The first-order valence-corrected chi connectivity index (χ1v) is 6.51. The maximum absolute atomic E-state index is 5.22. The van der Waals surface area contributed by atoms with Crippen molar-refractivity contribution in [3.8, 4) is 11.4 Å². The predicted molar refractivity (Wildman–Crippen MR) is 71.2 cm³/mol. The summed E-state index contributed by atoms with van der Waals surface area (Å²) in [6.45, 7) is 0.667. The lowest BCUT2D eigenvalue weighted by Gasteiger charge is -1.95. The van der Waals surface area contributed by atoms with Crippen LogP contribution in [0.15, 0.2) is 45.9 Å². The Labute approximate surface area is 117 Å².